The van der Waals surface area contributed by atoms with E-state index in [-0.39, 0.29) is 21.3 Å². The first-order valence-corrected chi connectivity index (χ1v) is 6.26. The van der Waals surface area contributed by atoms with Crippen molar-refractivity contribution in [2.75, 3.05) is 11.1 Å². The third-order valence-electron chi connectivity index (χ3n) is 2.62. The van der Waals surface area contributed by atoms with E-state index in [0.29, 0.717) is 6.07 Å². The number of anilines is 2. The first kappa shape index (κ1) is 15.5. The Balaban J connectivity index is 2.33. The SMILES string of the molecule is Nc1c(Cl)cc(C(=O)Nc2ccc(F)c(F)c2F)cc1Cl. The van der Waals surface area contributed by atoms with Crippen LogP contribution in [0.25, 0.3) is 0 Å². The number of rotatable bonds is 2. The molecule has 110 valence electrons. The number of carbonyl (C=O) groups excluding carboxylic acids is 1. The lowest BCUT2D eigenvalue weighted by atomic mass is 10.2. The lowest BCUT2D eigenvalue weighted by Crippen LogP contribution is -2.14. The third kappa shape index (κ3) is 3.06. The number of carbonyl (C=O) groups is 1. The molecule has 0 saturated carbocycles. The van der Waals surface area contributed by atoms with Crippen molar-refractivity contribution >= 4 is 40.5 Å². The minimum atomic E-state index is -1.68. The monoisotopic (exact) mass is 334 g/mol. The van der Waals surface area contributed by atoms with Gasteiger partial charge < -0.3 is 11.1 Å². The molecule has 3 nitrogen and oxygen atoms in total. The van der Waals surface area contributed by atoms with Crippen molar-refractivity contribution in [1.82, 2.24) is 0 Å². The lowest BCUT2D eigenvalue weighted by Gasteiger charge is -2.09. The van der Waals surface area contributed by atoms with Gasteiger partial charge in [0.1, 0.15) is 0 Å². The van der Waals surface area contributed by atoms with Gasteiger partial charge in [-0.1, -0.05) is 23.2 Å². The summed E-state index contributed by atoms with van der Waals surface area (Å²) in [5.41, 5.74) is 5.09. The molecule has 2 aromatic rings. The van der Waals surface area contributed by atoms with E-state index in [0.717, 1.165) is 6.07 Å². The predicted octanol–water partition coefficient (Wildman–Crippen LogP) is 4.25. The van der Waals surface area contributed by atoms with Crippen LogP contribution in [0, 0.1) is 17.5 Å². The van der Waals surface area contributed by atoms with E-state index in [1.165, 1.54) is 12.1 Å². The van der Waals surface area contributed by atoms with Gasteiger partial charge in [-0.3, -0.25) is 4.79 Å². The highest BCUT2D eigenvalue weighted by atomic mass is 35.5. The third-order valence-corrected chi connectivity index (χ3v) is 3.25. The van der Waals surface area contributed by atoms with Crippen LogP contribution in [0.15, 0.2) is 24.3 Å². The molecule has 0 aromatic heterocycles. The fourth-order valence-electron chi connectivity index (χ4n) is 1.53. The van der Waals surface area contributed by atoms with Gasteiger partial charge in [-0.25, -0.2) is 13.2 Å². The van der Waals surface area contributed by atoms with Crippen LogP contribution in [0.2, 0.25) is 10.0 Å². The number of benzene rings is 2. The topological polar surface area (TPSA) is 55.1 Å². The Morgan fingerprint density at radius 3 is 2.19 bits per heavy atom. The van der Waals surface area contributed by atoms with Crippen LogP contribution >= 0.6 is 23.2 Å². The van der Waals surface area contributed by atoms with Crippen LogP contribution in [-0.4, -0.2) is 5.91 Å². The largest absolute Gasteiger partial charge is 0.396 e. The number of nitrogens with one attached hydrogen (secondary N) is 1. The summed E-state index contributed by atoms with van der Waals surface area (Å²) in [6.07, 6.45) is 0. The molecule has 0 aliphatic carbocycles. The number of nitrogens with two attached hydrogens (primary N) is 1. The maximum atomic E-state index is 13.5. The maximum absolute atomic E-state index is 13.5. The van der Waals surface area contributed by atoms with Crippen molar-refractivity contribution in [1.29, 1.82) is 0 Å². The summed E-state index contributed by atoms with van der Waals surface area (Å²) in [5.74, 6) is -5.34. The smallest absolute Gasteiger partial charge is 0.255 e. The quantitative estimate of drug-likeness (QED) is 0.637. The summed E-state index contributed by atoms with van der Waals surface area (Å²) in [7, 11) is 0. The van der Waals surface area contributed by atoms with E-state index >= 15 is 0 Å². The van der Waals surface area contributed by atoms with Crippen LogP contribution in [0.3, 0.4) is 0 Å². The molecular weight excluding hydrogens is 328 g/mol. The van der Waals surface area contributed by atoms with Crippen molar-refractivity contribution in [3.8, 4) is 0 Å². The van der Waals surface area contributed by atoms with Crippen molar-refractivity contribution in [2.45, 2.75) is 0 Å². The van der Waals surface area contributed by atoms with Gasteiger partial charge in [-0.15, -0.1) is 0 Å². The zero-order valence-electron chi connectivity index (χ0n) is 10.2. The second-order valence-corrected chi connectivity index (χ2v) is 4.85. The van der Waals surface area contributed by atoms with Gasteiger partial charge in [0.15, 0.2) is 17.5 Å². The molecule has 0 bridgehead atoms. The zero-order chi connectivity index (χ0) is 15.7. The van der Waals surface area contributed by atoms with E-state index in [9.17, 15) is 18.0 Å². The minimum absolute atomic E-state index is 0.0108. The first-order chi connectivity index (χ1) is 9.81. The number of hydrogen-bond acceptors (Lipinski definition) is 2. The van der Waals surface area contributed by atoms with E-state index in [1.54, 1.807) is 0 Å². The molecule has 0 saturated heterocycles. The molecule has 0 spiro atoms. The van der Waals surface area contributed by atoms with E-state index < -0.39 is 29.0 Å². The Morgan fingerprint density at radius 2 is 1.62 bits per heavy atom. The molecule has 2 aromatic carbocycles. The van der Waals surface area contributed by atoms with Crippen LogP contribution in [0.1, 0.15) is 10.4 Å². The highest BCUT2D eigenvalue weighted by Gasteiger charge is 2.17. The number of hydrogen-bond donors (Lipinski definition) is 2. The molecule has 2 rings (SSSR count). The molecule has 3 N–H and O–H groups in total. The molecule has 0 aliphatic heterocycles. The summed E-state index contributed by atoms with van der Waals surface area (Å²) in [6, 6.07) is 4.02. The summed E-state index contributed by atoms with van der Waals surface area (Å²) in [6.45, 7) is 0. The molecule has 0 fully saturated rings. The summed E-state index contributed by atoms with van der Waals surface area (Å²) >= 11 is 11.5. The van der Waals surface area contributed by atoms with Crippen LogP contribution in [-0.2, 0) is 0 Å². The van der Waals surface area contributed by atoms with Crippen LogP contribution < -0.4 is 11.1 Å². The van der Waals surface area contributed by atoms with Gasteiger partial charge in [0.25, 0.3) is 5.91 Å². The molecule has 21 heavy (non-hydrogen) atoms. The molecule has 0 aliphatic rings. The van der Waals surface area contributed by atoms with Crippen molar-refractivity contribution in [2.24, 2.45) is 0 Å². The first-order valence-electron chi connectivity index (χ1n) is 5.50. The van der Waals surface area contributed by atoms with Crippen LogP contribution in [0.5, 0.6) is 0 Å². The van der Waals surface area contributed by atoms with E-state index in [4.69, 9.17) is 28.9 Å². The van der Waals surface area contributed by atoms with Gasteiger partial charge in [0.2, 0.25) is 0 Å². The molecule has 0 radical (unpaired) electrons. The van der Waals surface area contributed by atoms with Gasteiger partial charge in [-0.05, 0) is 24.3 Å². The average Bonchev–Trinajstić information content (AvgIpc) is 2.44. The molecule has 8 heteroatoms. The molecular formula is C13H7Cl2F3N2O. The van der Waals surface area contributed by atoms with E-state index in [2.05, 4.69) is 5.32 Å². The van der Waals surface area contributed by atoms with E-state index in [1.807, 2.05) is 0 Å². The van der Waals surface area contributed by atoms with Crippen molar-refractivity contribution in [3.63, 3.8) is 0 Å². The standard InChI is InChI=1S/C13H7Cl2F3N2O/c14-6-3-5(4-7(15)12(6)19)13(21)20-9-2-1-8(16)10(17)11(9)18/h1-4H,19H2,(H,20,21). The fraction of sp³-hybridized carbons (Fsp3) is 0. The number of halogens is 5. The average molecular weight is 335 g/mol. The van der Waals surface area contributed by atoms with Gasteiger partial charge in [0, 0.05) is 5.56 Å². The predicted molar refractivity (Wildman–Crippen MR) is 75.1 cm³/mol. The lowest BCUT2D eigenvalue weighted by molar-refractivity contribution is 0.102. The molecule has 1 amide bonds. The second kappa shape index (κ2) is 5.83. The Morgan fingerprint density at radius 1 is 1.05 bits per heavy atom. The van der Waals surface area contributed by atoms with Crippen molar-refractivity contribution < 1.29 is 18.0 Å². The van der Waals surface area contributed by atoms with Gasteiger partial charge in [-0.2, -0.15) is 0 Å². The number of amides is 1. The summed E-state index contributed by atoms with van der Waals surface area (Å²) < 4.78 is 39.3. The highest BCUT2D eigenvalue weighted by molar-refractivity contribution is 6.39. The fourth-order valence-corrected chi connectivity index (χ4v) is 2.02. The minimum Gasteiger partial charge on any atom is -0.396 e. The Labute approximate surface area is 127 Å². The molecule has 0 heterocycles. The van der Waals surface area contributed by atoms with Crippen LogP contribution in [0.4, 0.5) is 24.5 Å². The maximum Gasteiger partial charge on any atom is 0.255 e. The normalized spacial score (nSPS) is 10.5. The van der Waals surface area contributed by atoms with Gasteiger partial charge >= 0.3 is 0 Å². The highest BCUT2D eigenvalue weighted by Crippen LogP contribution is 2.29. The molecule has 0 unspecified atom stereocenters. The van der Waals surface area contributed by atoms with Crippen molar-refractivity contribution in [3.05, 3.63) is 57.3 Å². The van der Waals surface area contributed by atoms with Gasteiger partial charge in [0.05, 0.1) is 21.4 Å². The Bertz CT molecular complexity index is 715. The Kier molecular flexibility index (Phi) is 4.29. The number of nitrogen functional groups attached to an aromatic ring is 1. The second-order valence-electron chi connectivity index (χ2n) is 4.03. The zero-order valence-corrected chi connectivity index (χ0v) is 11.7. The summed E-state index contributed by atoms with van der Waals surface area (Å²) in [4.78, 5) is 11.9. The summed E-state index contributed by atoms with van der Waals surface area (Å²) in [5, 5.41) is 2.17. The molecule has 0 atom stereocenters. The Hall–Kier alpha value is -1.92.